The lowest BCUT2D eigenvalue weighted by atomic mass is 9.80. The van der Waals surface area contributed by atoms with Crippen molar-refractivity contribution in [3.8, 4) is 11.5 Å². The minimum absolute atomic E-state index is 0.0741. The maximum absolute atomic E-state index is 13.1. The Morgan fingerprint density at radius 3 is 2.49 bits per heavy atom. The third kappa shape index (κ3) is 4.98. The molecule has 1 N–H and O–H groups in total. The molecular weight excluding hydrogens is 485 g/mol. The summed E-state index contributed by atoms with van der Waals surface area (Å²) in [6.45, 7) is 2.25. The van der Waals surface area contributed by atoms with Gasteiger partial charge in [-0.2, -0.15) is 13.2 Å². The van der Waals surface area contributed by atoms with Gasteiger partial charge in [-0.15, -0.1) is 0 Å². The second-order valence-corrected chi connectivity index (χ2v) is 9.11. The van der Waals surface area contributed by atoms with Crippen molar-refractivity contribution >= 4 is 23.0 Å². The molecule has 0 aliphatic heterocycles. The molecule has 0 amide bonds. The Bertz CT molecular complexity index is 1420. The highest BCUT2D eigenvalue weighted by Crippen LogP contribution is 2.34. The van der Waals surface area contributed by atoms with Crippen LogP contribution in [0.25, 0.3) is 22.7 Å². The molecule has 192 valence electrons. The first kappa shape index (κ1) is 24.7. The van der Waals surface area contributed by atoms with Crippen molar-refractivity contribution < 1.29 is 22.7 Å². The number of imidazole rings is 1. The minimum atomic E-state index is -4.42. The summed E-state index contributed by atoms with van der Waals surface area (Å²) in [5.41, 5.74) is 1.23. The van der Waals surface area contributed by atoms with Crippen molar-refractivity contribution in [2.75, 3.05) is 12.4 Å². The molecule has 0 bridgehead atoms. The maximum Gasteiger partial charge on any atom is 0.416 e. The van der Waals surface area contributed by atoms with E-state index in [1.165, 1.54) is 25.7 Å². The number of anilines is 1. The van der Waals surface area contributed by atoms with Crippen LogP contribution in [0.3, 0.4) is 0 Å². The van der Waals surface area contributed by atoms with Crippen LogP contribution in [0.4, 0.5) is 19.0 Å². The van der Waals surface area contributed by atoms with Crippen LogP contribution in [0, 0.1) is 5.92 Å². The van der Waals surface area contributed by atoms with Crippen molar-refractivity contribution in [2.45, 2.75) is 44.9 Å². The maximum atomic E-state index is 13.1. The molecule has 1 atom stereocenters. The Hall–Kier alpha value is -4.02. The van der Waals surface area contributed by atoms with Gasteiger partial charge in [-0.05, 0) is 55.5 Å². The quantitative estimate of drug-likeness (QED) is 0.335. The van der Waals surface area contributed by atoms with Crippen LogP contribution in [0.1, 0.15) is 47.9 Å². The van der Waals surface area contributed by atoms with E-state index in [9.17, 15) is 18.0 Å². The van der Waals surface area contributed by atoms with E-state index in [0.29, 0.717) is 34.3 Å². The first-order valence-electron chi connectivity index (χ1n) is 11.9. The number of carbonyl (C=O) groups excluding carboxylic acids is 1. The molecule has 3 aromatic heterocycles. The van der Waals surface area contributed by atoms with Gasteiger partial charge in [-0.1, -0.05) is 24.6 Å². The fraction of sp³-hybridized carbons (Fsp3) is 0.346. The van der Waals surface area contributed by atoms with Crippen LogP contribution in [0.5, 0.6) is 0 Å². The van der Waals surface area contributed by atoms with Crippen molar-refractivity contribution in [3.63, 3.8) is 0 Å². The first-order chi connectivity index (χ1) is 17.7. The second kappa shape index (κ2) is 9.79. The van der Waals surface area contributed by atoms with Crippen molar-refractivity contribution in [2.24, 2.45) is 5.92 Å². The standard InChI is InChI=1S/C26H25F3N6O2/c1-15(17-6-5-7-17)31-21-20-22(33-23(32-21)25(36)37-2)34-24(19-8-3-4-13-30-19)35(20)14-16-9-11-18(12-10-16)26(27,28)29/h3-4,8-13,15,17H,5-7,14H2,1-2H3,(H,31,32,33)/t15-/m1/s1. The average Bonchev–Trinajstić information content (AvgIpc) is 3.21. The summed E-state index contributed by atoms with van der Waals surface area (Å²) in [6, 6.07) is 10.4. The SMILES string of the molecule is COC(=O)c1nc(N[C@H](C)C2CCC2)c2c(n1)nc(-c1ccccn1)n2Cc1ccc(C(F)(F)F)cc1. The molecule has 11 heteroatoms. The summed E-state index contributed by atoms with van der Waals surface area (Å²) in [4.78, 5) is 30.3. The van der Waals surface area contributed by atoms with Gasteiger partial charge in [0.05, 0.1) is 12.7 Å². The van der Waals surface area contributed by atoms with Crippen molar-refractivity contribution in [1.29, 1.82) is 0 Å². The molecular formula is C26H25F3N6O2. The lowest BCUT2D eigenvalue weighted by molar-refractivity contribution is -0.137. The number of methoxy groups -OCH3 is 1. The molecule has 0 radical (unpaired) electrons. The molecule has 1 aliphatic rings. The predicted molar refractivity (Wildman–Crippen MR) is 131 cm³/mol. The van der Waals surface area contributed by atoms with Gasteiger partial charge in [-0.25, -0.2) is 19.7 Å². The van der Waals surface area contributed by atoms with Crippen molar-refractivity contribution in [3.05, 3.63) is 65.6 Å². The van der Waals surface area contributed by atoms with E-state index in [4.69, 9.17) is 4.74 Å². The molecule has 0 spiro atoms. The highest BCUT2D eigenvalue weighted by Gasteiger charge is 2.30. The number of aromatic nitrogens is 5. The van der Waals surface area contributed by atoms with Gasteiger partial charge in [0, 0.05) is 18.8 Å². The molecule has 3 heterocycles. The summed E-state index contributed by atoms with van der Waals surface area (Å²) in [6.07, 6.45) is 0.554. The van der Waals surface area contributed by atoms with Crippen LogP contribution >= 0.6 is 0 Å². The summed E-state index contributed by atoms with van der Waals surface area (Å²) >= 11 is 0. The van der Waals surface area contributed by atoms with Crippen LogP contribution in [0.2, 0.25) is 0 Å². The van der Waals surface area contributed by atoms with Crippen LogP contribution in [0.15, 0.2) is 48.7 Å². The number of fused-ring (bicyclic) bond motifs is 1. The minimum Gasteiger partial charge on any atom is -0.463 e. The molecule has 1 aromatic carbocycles. The zero-order valence-corrected chi connectivity index (χ0v) is 20.3. The second-order valence-electron chi connectivity index (χ2n) is 9.11. The van der Waals surface area contributed by atoms with E-state index in [0.717, 1.165) is 25.0 Å². The zero-order chi connectivity index (χ0) is 26.2. The molecule has 5 rings (SSSR count). The van der Waals surface area contributed by atoms with Crippen molar-refractivity contribution in [1.82, 2.24) is 24.5 Å². The number of halogens is 3. The summed E-state index contributed by atoms with van der Waals surface area (Å²) in [5, 5.41) is 3.44. The third-order valence-corrected chi connectivity index (χ3v) is 6.71. The van der Waals surface area contributed by atoms with Gasteiger partial charge in [0.1, 0.15) is 11.2 Å². The highest BCUT2D eigenvalue weighted by atomic mass is 19.4. The largest absolute Gasteiger partial charge is 0.463 e. The number of alkyl halides is 3. The molecule has 0 unspecified atom stereocenters. The fourth-order valence-corrected chi connectivity index (χ4v) is 4.42. The summed E-state index contributed by atoms with van der Waals surface area (Å²) in [7, 11) is 1.25. The highest BCUT2D eigenvalue weighted by molar-refractivity contribution is 5.92. The van der Waals surface area contributed by atoms with Gasteiger partial charge in [0.2, 0.25) is 5.82 Å². The first-order valence-corrected chi connectivity index (χ1v) is 11.9. The Labute approximate surface area is 210 Å². The number of nitrogens with one attached hydrogen (secondary N) is 1. The Morgan fingerprint density at radius 1 is 1.14 bits per heavy atom. The number of hydrogen-bond donors (Lipinski definition) is 1. The van der Waals surface area contributed by atoms with Crippen LogP contribution in [-0.4, -0.2) is 43.6 Å². The number of carbonyl (C=O) groups is 1. The summed E-state index contributed by atoms with van der Waals surface area (Å²) < 4.78 is 46.0. The average molecular weight is 511 g/mol. The van der Waals surface area contributed by atoms with E-state index in [-0.39, 0.29) is 24.1 Å². The normalized spacial score (nSPS) is 14.8. The number of pyridine rings is 1. The molecule has 1 fully saturated rings. The Kier molecular flexibility index (Phi) is 6.53. The molecule has 0 saturated heterocycles. The molecule has 8 nitrogen and oxygen atoms in total. The van der Waals surface area contributed by atoms with Crippen LogP contribution in [-0.2, 0) is 17.5 Å². The van der Waals surface area contributed by atoms with Gasteiger partial charge < -0.3 is 14.6 Å². The van der Waals surface area contributed by atoms with E-state index in [1.807, 2.05) is 10.6 Å². The lowest BCUT2D eigenvalue weighted by Crippen LogP contribution is -2.31. The van der Waals surface area contributed by atoms with E-state index in [2.05, 4.69) is 32.2 Å². The molecule has 1 aliphatic carbocycles. The predicted octanol–water partition coefficient (Wildman–Crippen LogP) is 5.34. The molecule has 37 heavy (non-hydrogen) atoms. The van der Waals surface area contributed by atoms with Crippen LogP contribution < -0.4 is 5.32 Å². The van der Waals surface area contributed by atoms with Gasteiger partial charge in [0.15, 0.2) is 17.3 Å². The van der Waals surface area contributed by atoms with Gasteiger partial charge in [-0.3, -0.25) is 4.98 Å². The number of rotatable bonds is 7. The fourth-order valence-electron chi connectivity index (χ4n) is 4.42. The topological polar surface area (TPSA) is 94.8 Å². The number of nitrogens with zero attached hydrogens (tertiary/aromatic N) is 5. The van der Waals surface area contributed by atoms with E-state index < -0.39 is 17.7 Å². The third-order valence-electron chi connectivity index (χ3n) is 6.71. The lowest BCUT2D eigenvalue weighted by Gasteiger charge is -2.32. The zero-order valence-electron chi connectivity index (χ0n) is 20.3. The Balaban J connectivity index is 1.67. The van der Waals surface area contributed by atoms with E-state index in [1.54, 1.807) is 18.3 Å². The monoisotopic (exact) mass is 510 g/mol. The van der Waals surface area contributed by atoms with Gasteiger partial charge >= 0.3 is 12.1 Å². The number of ether oxygens (including phenoxy) is 1. The smallest absolute Gasteiger partial charge is 0.416 e. The number of benzene rings is 1. The molecule has 1 saturated carbocycles. The number of esters is 1. The summed E-state index contributed by atoms with van der Waals surface area (Å²) in [5.74, 6) is 0.494. The van der Waals surface area contributed by atoms with E-state index >= 15 is 0 Å². The molecule has 4 aromatic rings. The van der Waals surface area contributed by atoms with Gasteiger partial charge in [0.25, 0.3) is 0 Å². The number of hydrogen-bond acceptors (Lipinski definition) is 7. The Morgan fingerprint density at radius 2 is 1.89 bits per heavy atom.